The molecule has 4 rings (SSSR count). The van der Waals surface area contributed by atoms with Crippen molar-refractivity contribution in [1.82, 2.24) is 20.5 Å². The number of hydrogen-bond donors (Lipinski definition) is 2. The van der Waals surface area contributed by atoms with Crippen LogP contribution in [-0.2, 0) is 0 Å². The van der Waals surface area contributed by atoms with Gasteiger partial charge in [-0.25, -0.2) is 4.39 Å². The maximum absolute atomic E-state index is 13.1. The van der Waals surface area contributed by atoms with Crippen molar-refractivity contribution in [1.29, 1.82) is 0 Å². The number of aromatic amines is 1. The number of pyridine rings is 1. The Morgan fingerprint density at radius 3 is 2.88 bits per heavy atom. The number of nitrogens with zero attached hydrogens (tertiary/aromatic N) is 3. The van der Waals surface area contributed by atoms with Crippen molar-refractivity contribution in [3.05, 3.63) is 66.2 Å². The van der Waals surface area contributed by atoms with E-state index in [1.165, 1.54) is 12.1 Å². The predicted molar refractivity (Wildman–Crippen MR) is 96.3 cm³/mol. The van der Waals surface area contributed by atoms with Crippen molar-refractivity contribution in [2.75, 3.05) is 18.0 Å². The molecule has 1 unspecified atom stereocenters. The molecule has 0 radical (unpaired) electrons. The summed E-state index contributed by atoms with van der Waals surface area (Å²) >= 11 is 0. The van der Waals surface area contributed by atoms with E-state index < -0.39 is 0 Å². The van der Waals surface area contributed by atoms with Gasteiger partial charge in [0.15, 0.2) is 5.82 Å². The number of H-pyrrole nitrogens is 1. The fourth-order valence-electron chi connectivity index (χ4n) is 3.10. The summed E-state index contributed by atoms with van der Waals surface area (Å²) in [7, 11) is 0. The minimum atomic E-state index is -0.264. The maximum atomic E-state index is 13.1. The molecule has 3 aromatic rings. The van der Waals surface area contributed by atoms with E-state index in [4.69, 9.17) is 0 Å². The molecule has 3 heterocycles. The van der Waals surface area contributed by atoms with Crippen molar-refractivity contribution in [2.24, 2.45) is 0 Å². The van der Waals surface area contributed by atoms with E-state index in [9.17, 15) is 9.18 Å². The normalized spacial score (nSPS) is 16.7. The van der Waals surface area contributed by atoms with Gasteiger partial charge in [0.05, 0.1) is 11.3 Å². The average molecular weight is 351 g/mol. The molecule has 2 N–H and O–H groups in total. The number of carbonyl (C=O) groups excluding carboxylic acids is 1. The van der Waals surface area contributed by atoms with Gasteiger partial charge in [0.1, 0.15) is 5.82 Å². The zero-order valence-electron chi connectivity index (χ0n) is 14.0. The molecule has 132 valence electrons. The van der Waals surface area contributed by atoms with Crippen LogP contribution in [0.15, 0.2) is 54.9 Å². The van der Waals surface area contributed by atoms with Gasteiger partial charge in [-0.2, -0.15) is 5.10 Å². The minimum absolute atomic E-state index is 0.0636. The zero-order chi connectivity index (χ0) is 17.9. The van der Waals surface area contributed by atoms with Crippen LogP contribution in [0.25, 0.3) is 11.3 Å². The molecule has 0 spiro atoms. The number of benzene rings is 1. The first-order chi connectivity index (χ1) is 12.7. The zero-order valence-corrected chi connectivity index (χ0v) is 14.0. The third kappa shape index (κ3) is 3.42. The van der Waals surface area contributed by atoms with Crippen LogP contribution in [0.3, 0.4) is 0 Å². The number of hydrogen-bond acceptors (Lipinski definition) is 4. The Labute approximate surface area is 150 Å². The first kappa shape index (κ1) is 16.3. The lowest BCUT2D eigenvalue weighted by molar-refractivity contribution is 0.0940. The smallest absolute Gasteiger partial charge is 0.253 e. The minimum Gasteiger partial charge on any atom is -0.353 e. The average Bonchev–Trinajstić information content (AvgIpc) is 3.32. The van der Waals surface area contributed by atoms with Gasteiger partial charge < -0.3 is 10.2 Å². The summed E-state index contributed by atoms with van der Waals surface area (Å²) in [4.78, 5) is 18.3. The molecule has 2 aromatic heterocycles. The molecule has 6 nitrogen and oxygen atoms in total. The molecular formula is C19H18FN5O. The summed E-state index contributed by atoms with van der Waals surface area (Å²) in [6.07, 6.45) is 4.06. The second-order valence-electron chi connectivity index (χ2n) is 6.29. The van der Waals surface area contributed by atoms with Crippen LogP contribution in [0.4, 0.5) is 10.2 Å². The highest BCUT2D eigenvalue weighted by Crippen LogP contribution is 2.24. The molecule has 1 amide bonds. The highest BCUT2D eigenvalue weighted by atomic mass is 19.1. The van der Waals surface area contributed by atoms with Gasteiger partial charge in [0.2, 0.25) is 0 Å². The van der Waals surface area contributed by atoms with Gasteiger partial charge in [0.25, 0.3) is 5.91 Å². The Bertz CT molecular complexity index is 894. The second kappa shape index (κ2) is 6.95. The molecule has 0 aliphatic carbocycles. The van der Waals surface area contributed by atoms with Gasteiger partial charge in [-0.15, -0.1) is 0 Å². The summed E-state index contributed by atoms with van der Waals surface area (Å²) < 4.78 is 13.1. The van der Waals surface area contributed by atoms with Crippen molar-refractivity contribution in [3.8, 4) is 11.3 Å². The summed E-state index contributed by atoms with van der Waals surface area (Å²) in [6.45, 7) is 1.51. The van der Waals surface area contributed by atoms with E-state index in [0.29, 0.717) is 12.1 Å². The molecule has 0 saturated carbocycles. The van der Waals surface area contributed by atoms with Crippen LogP contribution in [-0.4, -0.2) is 40.2 Å². The summed E-state index contributed by atoms with van der Waals surface area (Å²) in [5.41, 5.74) is 2.28. The van der Waals surface area contributed by atoms with Crippen molar-refractivity contribution < 1.29 is 9.18 Å². The topological polar surface area (TPSA) is 73.9 Å². The largest absolute Gasteiger partial charge is 0.353 e. The van der Waals surface area contributed by atoms with E-state index in [0.717, 1.165) is 30.0 Å². The van der Waals surface area contributed by atoms with E-state index >= 15 is 0 Å². The van der Waals surface area contributed by atoms with Crippen molar-refractivity contribution >= 4 is 11.7 Å². The number of halogens is 1. The van der Waals surface area contributed by atoms with E-state index in [-0.39, 0.29) is 17.8 Å². The van der Waals surface area contributed by atoms with Crippen LogP contribution >= 0.6 is 0 Å². The first-order valence-electron chi connectivity index (χ1n) is 8.46. The lowest BCUT2D eigenvalue weighted by Crippen LogP contribution is -2.37. The number of amides is 1. The van der Waals surface area contributed by atoms with Crippen LogP contribution in [0, 0.1) is 5.82 Å². The van der Waals surface area contributed by atoms with Gasteiger partial charge in [-0.3, -0.25) is 14.9 Å². The predicted octanol–water partition coefficient (Wildman–Crippen LogP) is 2.62. The number of carbonyl (C=O) groups is 1. The molecule has 1 atom stereocenters. The van der Waals surface area contributed by atoms with E-state index in [1.54, 1.807) is 36.7 Å². The van der Waals surface area contributed by atoms with E-state index in [2.05, 4.69) is 25.4 Å². The second-order valence-corrected chi connectivity index (χ2v) is 6.29. The summed E-state index contributed by atoms with van der Waals surface area (Å²) in [5, 5.41) is 10.4. The van der Waals surface area contributed by atoms with Crippen molar-refractivity contribution in [2.45, 2.75) is 12.5 Å². The van der Waals surface area contributed by atoms with Gasteiger partial charge in [0, 0.05) is 37.6 Å². The van der Waals surface area contributed by atoms with Crippen molar-refractivity contribution in [3.63, 3.8) is 0 Å². The quantitative estimate of drug-likeness (QED) is 0.758. The van der Waals surface area contributed by atoms with E-state index in [1.807, 2.05) is 6.07 Å². The Morgan fingerprint density at radius 2 is 2.12 bits per heavy atom. The molecule has 26 heavy (non-hydrogen) atoms. The highest BCUT2D eigenvalue weighted by molar-refractivity contribution is 5.94. The Hall–Kier alpha value is -3.22. The molecule has 1 aliphatic heterocycles. The molecule has 1 aromatic carbocycles. The Balaban J connectivity index is 1.40. The monoisotopic (exact) mass is 351 g/mol. The van der Waals surface area contributed by atoms with Crippen LogP contribution in [0.2, 0.25) is 0 Å². The molecular weight excluding hydrogens is 333 g/mol. The standard InChI is InChI=1S/C19H18FN5O/c20-15-5-3-13(4-6-15)17-10-18(24-23-17)25-9-7-16(12-25)22-19(26)14-2-1-8-21-11-14/h1-6,8,10-11,16H,7,9,12H2,(H,22,26)(H,23,24). The van der Waals surface area contributed by atoms with Gasteiger partial charge >= 0.3 is 0 Å². The molecule has 1 aliphatic rings. The highest BCUT2D eigenvalue weighted by Gasteiger charge is 2.26. The molecule has 7 heteroatoms. The number of aromatic nitrogens is 3. The van der Waals surface area contributed by atoms with Crippen LogP contribution in [0.1, 0.15) is 16.8 Å². The fourth-order valence-corrected chi connectivity index (χ4v) is 3.10. The Kier molecular flexibility index (Phi) is 4.35. The molecule has 0 bridgehead atoms. The lowest BCUT2D eigenvalue weighted by atomic mass is 10.1. The van der Waals surface area contributed by atoms with Crippen LogP contribution < -0.4 is 10.2 Å². The molecule has 1 fully saturated rings. The first-order valence-corrected chi connectivity index (χ1v) is 8.46. The number of rotatable bonds is 4. The third-order valence-corrected chi connectivity index (χ3v) is 4.49. The molecule has 1 saturated heterocycles. The number of anilines is 1. The van der Waals surface area contributed by atoms with Gasteiger partial charge in [-0.1, -0.05) is 0 Å². The Morgan fingerprint density at radius 1 is 1.27 bits per heavy atom. The van der Waals surface area contributed by atoms with Gasteiger partial charge in [-0.05, 0) is 48.4 Å². The fraction of sp³-hybridized carbons (Fsp3) is 0.211. The SMILES string of the molecule is O=C(NC1CCN(c2cc(-c3ccc(F)cc3)[nH]n2)C1)c1cccnc1. The lowest BCUT2D eigenvalue weighted by Gasteiger charge is -2.16. The maximum Gasteiger partial charge on any atom is 0.253 e. The number of nitrogens with one attached hydrogen (secondary N) is 2. The summed E-state index contributed by atoms with van der Waals surface area (Å²) in [5.74, 6) is 0.446. The summed E-state index contributed by atoms with van der Waals surface area (Å²) in [6, 6.07) is 11.8. The third-order valence-electron chi connectivity index (χ3n) is 4.49. The van der Waals surface area contributed by atoms with Crippen LogP contribution in [0.5, 0.6) is 0 Å².